The normalized spacial score (nSPS) is 14.1. The molecular formula is C6H7F2O3-. The quantitative estimate of drug-likeness (QED) is 0.532. The summed E-state index contributed by atoms with van der Waals surface area (Å²) >= 11 is 0. The molecule has 5 heteroatoms. The highest BCUT2D eigenvalue weighted by Crippen LogP contribution is 2.25. The van der Waals surface area contributed by atoms with Gasteiger partial charge in [-0.3, -0.25) is 0 Å². The molecule has 64 valence electrons. The second-order valence-corrected chi connectivity index (χ2v) is 2.21. The van der Waals surface area contributed by atoms with Gasteiger partial charge in [0.05, 0.1) is 0 Å². The molecule has 11 heavy (non-hydrogen) atoms. The van der Waals surface area contributed by atoms with Gasteiger partial charge in [-0.2, -0.15) is 8.78 Å². The van der Waals surface area contributed by atoms with Gasteiger partial charge in [-0.15, -0.1) is 0 Å². The molecule has 0 saturated heterocycles. The van der Waals surface area contributed by atoms with Gasteiger partial charge in [-0.1, -0.05) is 6.92 Å². The molecular weight excluding hydrogens is 158 g/mol. The number of hydrogen-bond acceptors (Lipinski definition) is 3. The summed E-state index contributed by atoms with van der Waals surface area (Å²) < 4.78 is 24.6. The number of alkyl halides is 2. The maximum atomic E-state index is 12.3. The van der Waals surface area contributed by atoms with Crippen molar-refractivity contribution in [3.63, 3.8) is 0 Å². The first-order chi connectivity index (χ1) is 4.92. The Morgan fingerprint density at radius 3 is 2.45 bits per heavy atom. The number of halogens is 2. The summed E-state index contributed by atoms with van der Waals surface area (Å²) in [7, 11) is 0. The molecule has 0 aliphatic heterocycles. The van der Waals surface area contributed by atoms with Crippen molar-refractivity contribution >= 4 is 12.3 Å². The summed E-state index contributed by atoms with van der Waals surface area (Å²) in [6.45, 7) is 0.976. The van der Waals surface area contributed by atoms with Gasteiger partial charge < -0.3 is 14.7 Å². The largest absolute Gasteiger partial charge is 0.544 e. The zero-order valence-electron chi connectivity index (χ0n) is 5.84. The minimum Gasteiger partial charge on any atom is -0.544 e. The van der Waals surface area contributed by atoms with Crippen LogP contribution in [-0.4, -0.2) is 18.2 Å². The van der Waals surface area contributed by atoms with Gasteiger partial charge in [0.15, 0.2) is 0 Å². The molecule has 0 spiro atoms. The van der Waals surface area contributed by atoms with E-state index >= 15 is 0 Å². The predicted molar refractivity (Wildman–Crippen MR) is 29.8 cm³/mol. The van der Waals surface area contributed by atoms with Crippen LogP contribution < -0.4 is 5.11 Å². The van der Waals surface area contributed by atoms with Gasteiger partial charge in [-0.05, 0) is 0 Å². The molecule has 0 aromatic carbocycles. The van der Waals surface area contributed by atoms with Crippen molar-refractivity contribution in [3.05, 3.63) is 0 Å². The van der Waals surface area contributed by atoms with Crippen LogP contribution in [-0.2, 0) is 9.59 Å². The lowest BCUT2D eigenvalue weighted by Crippen LogP contribution is -2.46. The van der Waals surface area contributed by atoms with E-state index in [-0.39, 0.29) is 6.29 Å². The lowest BCUT2D eigenvalue weighted by atomic mass is 10.0. The Balaban J connectivity index is 4.28. The maximum absolute atomic E-state index is 12.3. The summed E-state index contributed by atoms with van der Waals surface area (Å²) in [6, 6.07) is 0. The summed E-state index contributed by atoms with van der Waals surface area (Å²) in [5.74, 6) is -7.86. The molecule has 0 radical (unpaired) electrons. The molecule has 3 nitrogen and oxygen atoms in total. The Morgan fingerprint density at radius 2 is 2.18 bits per heavy atom. The van der Waals surface area contributed by atoms with E-state index in [0.717, 1.165) is 6.92 Å². The monoisotopic (exact) mass is 165 g/mol. The highest BCUT2D eigenvalue weighted by atomic mass is 19.3. The van der Waals surface area contributed by atoms with Crippen molar-refractivity contribution in [1.82, 2.24) is 0 Å². The first kappa shape index (κ1) is 10.0. The van der Waals surface area contributed by atoms with Crippen LogP contribution in [0.4, 0.5) is 8.78 Å². The lowest BCUT2D eigenvalue weighted by molar-refractivity contribution is -0.333. The highest BCUT2D eigenvalue weighted by molar-refractivity contribution is 5.74. The number of rotatable bonds is 4. The summed E-state index contributed by atoms with van der Waals surface area (Å²) in [6.07, 6.45) is -0.234. The van der Waals surface area contributed by atoms with Crippen LogP contribution in [0, 0.1) is 5.92 Å². The fourth-order valence-electron chi connectivity index (χ4n) is 0.494. The minimum atomic E-state index is -3.92. The second kappa shape index (κ2) is 3.41. The van der Waals surface area contributed by atoms with E-state index in [1.54, 1.807) is 0 Å². The van der Waals surface area contributed by atoms with E-state index in [9.17, 15) is 23.5 Å². The van der Waals surface area contributed by atoms with Crippen LogP contribution in [0.3, 0.4) is 0 Å². The van der Waals surface area contributed by atoms with E-state index in [4.69, 9.17) is 0 Å². The van der Waals surface area contributed by atoms with Gasteiger partial charge >= 0.3 is 0 Å². The fourth-order valence-corrected chi connectivity index (χ4v) is 0.494. The van der Waals surface area contributed by atoms with Gasteiger partial charge in [0.1, 0.15) is 12.3 Å². The van der Waals surface area contributed by atoms with E-state index in [0.29, 0.717) is 0 Å². The Morgan fingerprint density at radius 1 is 1.73 bits per heavy atom. The molecule has 1 unspecified atom stereocenters. The number of carbonyl (C=O) groups is 2. The Labute approximate surface area is 62.0 Å². The van der Waals surface area contributed by atoms with Crippen molar-refractivity contribution in [1.29, 1.82) is 0 Å². The van der Waals surface area contributed by atoms with Crippen molar-refractivity contribution in [2.45, 2.75) is 19.3 Å². The van der Waals surface area contributed by atoms with Gasteiger partial charge in [0, 0.05) is 12.3 Å². The molecule has 0 N–H and O–H groups in total. The van der Waals surface area contributed by atoms with Crippen molar-refractivity contribution in [2.75, 3.05) is 0 Å². The number of aldehydes is 1. The molecule has 0 heterocycles. The first-order valence-corrected chi connectivity index (χ1v) is 2.95. The van der Waals surface area contributed by atoms with E-state index in [1.165, 1.54) is 0 Å². The van der Waals surface area contributed by atoms with Crippen LogP contribution >= 0.6 is 0 Å². The summed E-state index contributed by atoms with van der Waals surface area (Å²) in [5.41, 5.74) is 0. The Kier molecular flexibility index (Phi) is 3.10. The topological polar surface area (TPSA) is 57.2 Å². The van der Waals surface area contributed by atoms with Gasteiger partial charge in [0.25, 0.3) is 5.92 Å². The Hall–Kier alpha value is -1.00. The molecule has 0 fully saturated rings. The number of carboxylic acid groups (broad SMARTS) is 1. The average Bonchev–Trinajstić information content (AvgIpc) is 1.88. The van der Waals surface area contributed by atoms with Gasteiger partial charge in [0.2, 0.25) is 0 Å². The smallest absolute Gasteiger partial charge is 0.290 e. The predicted octanol–water partition coefficient (Wildman–Crippen LogP) is -0.403. The van der Waals surface area contributed by atoms with E-state index in [1.807, 2.05) is 0 Å². The fraction of sp³-hybridized carbons (Fsp3) is 0.667. The van der Waals surface area contributed by atoms with Crippen molar-refractivity contribution in [3.8, 4) is 0 Å². The van der Waals surface area contributed by atoms with Crippen LogP contribution in [0.5, 0.6) is 0 Å². The number of carbonyl (C=O) groups excluding carboxylic acids is 2. The van der Waals surface area contributed by atoms with E-state index < -0.39 is 24.2 Å². The number of carboxylic acids is 1. The molecule has 0 saturated carbocycles. The molecule has 1 atom stereocenters. The van der Waals surface area contributed by atoms with Gasteiger partial charge in [-0.25, -0.2) is 0 Å². The lowest BCUT2D eigenvalue weighted by Gasteiger charge is -2.22. The second-order valence-electron chi connectivity index (χ2n) is 2.21. The molecule has 0 aromatic heterocycles. The van der Waals surface area contributed by atoms with Crippen molar-refractivity contribution < 1.29 is 23.5 Å². The maximum Gasteiger partial charge on any atom is 0.290 e. The third-order valence-electron chi connectivity index (χ3n) is 1.34. The van der Waals surface area contributed by atoms with Crippen LogP contribution in [0.25, 0.3) is 0 Å². The molecule has 0 rings (SSSR count). The van der Waals surface area contributed by atoms with E-state index in [2.05, 4.69) is 0 Å². The van der Waals surface area contributed by atoms with Crippen LogP contribution in [0.1, 0.15) is 13.3 Å². The summed E-state index contributed by atoms with van der Waals surface area (Å²) in [4.78, 5) is 19.5. The van der Waals surface area contributed by atoms with Crippen LogP contribution in [0.2, 0.25) is 0 Å². The molecule has 0 aromatic rings. The summed E-state index contributed by atoms with van der Waals surface area (Å²) in [5, 5.41) is 9.76. The number of aliphatic carboxylic acids is 1. The zero-order chi connectivity index (χ0) is 9.07. The SMILES string of the molecule is CC(CC=O)C(F)(F)C(=O)[O-]. The molecule has 0 bridgehead atoms. The average molecular weight is 165 g/mol. The third kappa shape index (κ3) is 2.25. The minimum absolute atomic E-state index is 0.252. The molecule has 0 amide bonds. The zero-order valence-corrected chi connectivity index (χ0v) is 5.84. The highest BCUT2D eigenvalue weighted by Gasteiger charge is 2.37. The van der Waals surface area contributed by atoms with Crippen molar-refractivity contribution in [2.24, 2.45) is 5.92 Å². The Bertz CT molecular complexity index is 167. The molecule has 0 aliphatic carbocycles. The number of hydrogen-bond donors (Lipinski definition) is 0. The standard InChI is InChI=1S/C6H8F2O3/c1-4(2-3-9)6(7,8)5(10)11/h3-4H,2H2,1H3,(H,10,11)/p-1. The van der Waals surface area contributed by atoms with Crippen LogP contribution in [0.15, 0.2) is 0 Å². The first-order valence-electron chi connectivity index (χ1n) is 2.95. The third-order valence-corrected chi connectivity index (χ3v) is 1.34. The molecule has 0 aliphatic rings.